The van der Waals surface area contributed by atoms with Gasteiger partial charge in [-0.15, -0.1) is 11.8 Å². The molecule has 1 atom stereocenters. The number of nitrogens with one attached hydrogen (secondary N) is 1. The van der Waals surface area contributed by atoms with Gasteiger partial charge >= 0.3 is 0 Å². The Labute approximate surface area is 152 Å². The number of benzene rings is 2. The molecule has 3 nitrogen and oxygen atoms in total. The van der Waals surface area contributed by atoms with Gasteiger partial charge in [0, 0.05) is 22.0 Å². The van der Waals surface area contributed by atoms with Crippen LogP contribution < -0.4 is 10.1 Å². The first kappa shape index (κ1) is 18.7. The molecule has 2 aromatic carbocycles. The molecule has 128 valence electrons. The SMILES string of the molecule is CCOc1ccccc1CNC(=O)C(CC)Sc1ccc(Cl)cc1. The molecule has 1 N–H and O–H groups in total. The third-order valence-electron chi connectivity index (χ3n) is 3.48. The number of ether oxygens (including phenoxy) is 1. The summed E-state index contributed by atoms with van der Waals surface area (Å²) in [5.41, 5.74) is 0.985. The smallest absolute Gasteiger partial charge is 0.233 e. The largest absolute Gasteiger partial charge is 0.494 e. The average molecular weight is 364 g/mol. The Bertz CT molecular complexity index is 661. The summed E-state index contributed by atoms with van der Waals surface area (Å²) in [4.78, 5) is 13.5. The molecule has 0 aliphatic carbocycles. The fourth-order valence-electron chi connectivity index (χ4n) is 2.24. The van der Waals surface area contributed by atoms with E-state index in [4.69, 9.17) is 16.3 Å². The minimum Gasteiger partial charge on any atom is -0.494 e. The van der Waals surface area contributed by atoms with Crippen molar-refractivity contribution < 1.29 is 9.53 Å². The quantitative estimate of drug-likeness (QED) is 0.676. The van der Waals surface area contributed by atoms with E-state index in [1.807, 2.05) is 62.4 Å². The molecule has 2 aromatic rings. The maximum atomic E-state index is 12.5. The van der Waals surface area contributed by atoms with E-state index in [0.29, 0.717) is 18.2 Å². The molecule has 0 heterocycles. The molecular formula is C19H22ClNO2S. The Morgan fingerprint density at radius 2 is 1.88 bits per heavy atom. The second-order valence-corrected chi connectivity index (χ2v) is 6.94. The molecule has 0 fully saturated rings. The highest BCUT2D eigenvalue weighted by Gasteiger charge is 2.18. The van der Waals surface area contributed by atoms with Crippen LogP contribution in [0.4, 0.5) is 0 Å². The second kappa shape index (κ2) is 9.60. The number of halogens is 1. The molecule has 1 amide bonds. The van der Waals surface area contributed by atoms with Crippen molar-refractivity contribution in [3.8, 4) is 5.75 Å². The predicted molar refractivity (Wildman–Crippen MR) is 101 cm³/mol. The van der Waals surface area contributed by atoms with Crippen LogP contribution in [-0.4, -0.2) is 17.8 Å². The summed E-state index contributed by atoms with van der Waals surface area (Å²) in [6.07, 6.45) is 0.756. The van der Waals surface area contributed by atoms with Gasteiger partial charge in [-0.05, 0) is 43.7 Å². The molecule has 0 aliphatic heterocycles. The van der Waals surface area contributed by atoms with Crippen LogP contribution in [0.3, 0.4) is 0 Å². The Morgan fingerprint density at radius 3 is 2.54 bits per heavy atom. The van der Waals surface area contributed by atoms with Gasteiger partial charge in [0.2, 0.25) is 5.91 Å². The zero-order valence-corrected chi connectivity index (χ0v) is 15.5. The summed E-state index contributed by atoms with van der Waals surface area (Å²) < 4.78 is 5.59. The van der Waals surface area contributed by atoms with E-state index in [9.17, 15) is 4.79 Å². The number of rotatable bonds is 8. The topological polar surface area (TPSA) is 38.3 Å². The summed E-state index contributed by atoms with van der Waals surface area (Å²) in [5, 5.41) is 3.58. The molecule has 2 rings (SSSR count). The van der Waals surface area contributed by atoms with Crippen LogP contribution in [-0.2, 0) is 11.3 Å². The van der Waals surface area contributed by atoms with Crippen molar-refractivity contribution in [2.24, 2.45) is 0 Å². The van der Waals surface area contributed by atoms with Gasteiger partial charge < -0.3 is 10.1 Å². The summed E-state index contributed by atoms with van der Waals surface area (Å²) in [6.45, 7) is 5.04. The van der Waals surface area contributed by atoms with Gasteiger partial charge in [-0.1, -0.05) is 36.7 Å². The molecule has 0 aromatic heterocycles. The number of hydrogen-bond acceptors (Lipinski definition) is 3. The van der Waals surface area contributed by atoms with E-state index >= 15 is 0 Å². The molecule has 0 aliphatic rings. The van der Waals surface area contributed by atoms with Gasteiger partial charge in [0.15, 0.2) is 0 Å². The Balaban J connectivity index is 1.96. The van der Waals surface area contributed by atoms with E-state index in [1.165, 1.54) is 0 Å². The minimum absolute atomic E-state index is 0.0313. The van der Waals surface area contributed by atoms with Crippen LogP contribution in [0.5, 0.6) is 5.75 Å². The first-order valence-corrected chi connectivity index (χ1v) is 9.30. The van der Waals surface area contributed by atoms with Crippen LogP contribution >= 0.6 is 23.4 Å². The fourth-order valence-corrected chi connectivity index (χ4v) is 3.35. The number of para-hydroxylation sites is 1. The van der Waals surface area contributed by atoms with Crippen molar-refractivity contribution in [1.29, 1.82) is 0 Å². The molecule has 0 radical (unpaired) electrons. The number of amides is 1. The number of hydrogen-bond donors (Lipinski definition) is 1. The maximum absolute atomic E-state index is 12.5. The van der Waals surface area contributed by atoms with E-state index < -0.39 is 0 Å². The highest BCUT2D eigenvalue weighted by atomic mass is 35.5. The lowest BCUT2D eigenvalue weighted by molar-refractivity contribution is -0.120. The molecule has 1 unspecified atom stereocenters. The zero-order valence-electron chi connectivity index (χ0n) is 13.9. The van der Waals surface area contributed by atoms with E-state index in [-0.39, 0.29) is 11.2 Å². The highest BCUT2D eigenvalue weighted by Crippen LogP contribution is 2.27. The molecule has 0 spiro atoms. The van der Waals surface area contributed by atoms with Gasteiger partial charge in [-0.2, -0.15) is 0 Å². The highest BCUT2D eigenvalue weighted by molar-refractivity contribution is 8.00. The van der Waals surface area contributed by atoms with Gasteiger partial charge in [0.05, 0.1) is 11.9 Å². The van der Waals surface area contributed by atoms with Crippen molar-refractivity contribution >= 4 is 29.3 Å². The molecule has 0 saturated heterocycles. The average Bonchev–Trinajstić information content (AvgIpc) is 2.60. The van der Waals surface area contributed by atoms with E-state index in [2.05, 4.69) is 5.32 Å². The van der Waals surface area contributed by atoms with Crippen LogP contribution in [0.2, 0.25) is 5.02 Å². The third-order valence-corrected chi connectivity index (χ3v) is 5.11. The Kier molecular flexibility index (Phi) is 7.47. The standard InChI is InChI=1S/C19H22ClNO2S/c1-3-18(24-16-11-9-15(20)10-12-16)19(22)21-13-14-7-5-6-8-17(14)23-4-2/h5-12,18H,3-4,13H2,1-2H3,(H,21,22). The normalized spacial score (nSPS) is 11.8. The molecule has 0 saturated carbocycles. The molecule has 24 heavy (non-hydrogen) atoms. The lowest BCUT2D eigenvalue weighted by Crippen LogP contribution is -2.32. The van der Waals surface area contributed by atoms with E-state index in [1.54, 1.807) is 11.8 Å². The van der Waals surface area contributed by atoms with Crippen molar-refractivity contribution in [2.45, 2.75) is 37.0 Å². The second-order valence-electron chi connectivity index (χ2n) is 5.23. The monoisotopic (exact) mass is 363 g/mol. The Morgan fingerprint density at radius 1 is 1.17 bits per heavy atom. The first-order chi connectivity index (χ1) is 11.6. The fraction of sp³-hybridized carbons (Fsp3) is 0.316. The zero-order chi connectivity index (χ0) is 17.4. The summed E-state index contributed by atoms with van der Waals surface area (Å²) in [5.74, 6) is 0.849. The molecular weight excluding hydrogens is 342 g/mol. The van der Waals surface area contributed by atoms with Crippen molar-refractivity contribution in [3.63, 3.8) is 0 Å². The van der Waals surface area contributed by atoms with Gasteiger partial charge in [0.1, 0.15) is 5.75 Å². The lowest BCUT2D eigenvalue weighted by atomic mass is 10.2. The van der Waals surface area contributed by atoms with Gasteiger partial charge in [-0.3, -0.25) is 4.79 Å². The van der Waals surface area contributed by atoms with Crippen LogP contribution in [0.1, 0.15) is 25.8 Å². The first-order valence-electron chi connectivity index (χ1n) is 8.04. The predicted octanol–water partition coefficient (Wildman–Crippen LogP) is 4.93. The molecule has 5 heteroatoms. The van der Waals surface area contributed by atoms with E-state index in [0.717, 1.165) is 22.6 Å². The number of carbonyl (C=O) groups is 1. The van der Waals surface area contributed by atoms with Crippen LogP contribution in [0.25, 0.3) is 0 Å². The van der Waals surface area contributed by atoms with Crippen molar-refractivity contribution in [2.75, 3.05) is 6.61 Å². The minimum atomic E-state index is -0.134. The molecule has 0 bridgehead atoms. The number of thioether (sulfide) groups is 1. The van der Waals surface area contributed by atoms with Crippen LogP contribution in [0, 0.1) is 0 Å². The lowest BCUT2D eigenvalue weighted by Gasteiger charge is -2.16. The van der Waals surface area contributed by atoms with Crippen molar-refractivity contribution in [1.82, 2.24) is 5.32 Å². The third kappa shape index (κ3) is 5.46. The summed E-state index contributed by atoms with van der Waals surface area (Å²) in [7, 11) is 0. The van der Waals surface area contributed by atoms with Crippen LogP contribution in [0.15, 0.2) is 53.4 Å². The summed E-state index contributed by atoms with van der Waals surface area (Å²) in [6, 6.07) is 15.3. The van der Waals surface area contributed by atoms with Gasteiger partial charge in [0.25, 0.3) is 0 Å². The Hall–Kier alpha value is -1.65. The van der Waals surface area contributed by atoms with Crippen molar-refractivity contribution in [3.05, 3.63) is 59.1 Å². The van der Waals surface area contributed by atoms with Gasteiger partial charge in [-0.25, -0.2) is 0 Å². The summed E-state index contributed by atoms with van der Waals surface area (Å²) >= 11 is 7.46. The number of carbonyl (C=O) groups excluding carboxylic acids is 1. The maximum Gasteiger partial charge on any atom is 0.233 e.